The number of pyridine rings is 1. The molecule has 1 aromatic rings. The quantitative estimate of drug-likeness (QED) is 0.794. The Hall–Kier alpha value is -1.000. The lowest BCUT2D eigenvalue weighted by atomic mass is 10.1. The summed E-state index contributed by atoms with van der Waals surface area (Å²) in [6.07, 6.45) is 0.574. The molecule has 0 aliphatic carbocycles. The highest BCUT2D eigenvalue weighted by atomic mass is 35.5. The van der Waals surface area contributed by atoms with E-state index in [1.54, 1.807) is 6.92 Å². The molecule has 17 heavy (non-hydrogen) atoms. The van der Waals surface area contributed by atoms with Gasteiger partial charge in [0.05, 0.1) is 18.7 Å². The number of carbonyl (C=O) groups excluding carboxylic acids is 1. The number of methoxy groups -OCH3 is 1. The zero-order chi connectivity index (χ0) is 13.0. The van der Waals surface area contributed by atoms with Crippen LogP contribution in [-0.4, -0.2) is 24.7 Å². The van der Waals surface area contributed by atoms with E-state index in [0.29, 0.717) is 23.6 Å². The van der Waals surface area contributed by atoms with Gasteiger partial charge >= 0.3 is 5.97 Å². The highest BCUT2D eigenvalue weighted by molar-refractivity contribution is 6.38. The summed E-state index contributed by atoms with van der Waals surface area (Å²) < 4.78 is 9.87. The molecule has 1 heterocycles. The van der Waals surface area contributed by atoms with Crippen molar-refractivity contribution in [3.63, 3.8) is 0 Å². The van der Waals surface area contributed by atoms with Crippen LogP contribution in [0.1, 0.15) is 29.9 Å². The maximum absolute atomic E-state index is 11.5. The lowest BCUT2D eigenvalue weighted by Crippen LogP contribution is -2.09. The van der Waals surface area contributed by atoms with Gasteiger partial charge in [-0.1, -0.05) is 30.1 Å². The smallest absolute Gasteiger partial charge is 0.358 e. The number of rotatable bonds is 4. The predicted molar refractivity (Wildman–Crippen MR) is 66.1 cm³/mol. The van der Waals surface area contributed by atoms with Gasteiger partial charge in [-0.05, 0) is 18.9 Å². The maximum atomic E-state index is 11.5. The lowest BCUT2D eigenvalue weighted by molar-refractivity contribution is 0.0593. The van der Waals surface area contributed by atoms with Gasteiger partial charge in [-0.2, -0.15) is 0 Å². The second-order valence-corrected chi connectivity index (χ2v) is 3.91. The van der Waals surface area contributed by atoms with E-state index in [9.17, 15) is 4.79 Å². The third kappa shape index (κ3) is 2.82. The number of aromatic nitrogens is 1. The summed E-state index contributed by atoms with van der Waals surface area (Å²) in [4.78, 5) is 15.5. The Labute approximate surface area is 110 Å². The molecule has 1 rings (SSSR count). The fourth-order valence-electron chi connectivity index (χ4n) is 1.34. The number of hydrogen-bond acceptors (Lipinski definition) is 4. The summed E-state index contributed by atoms with van der Waals surface area (Å²) in [5, 5.41) is 0.555. The second kappa shape index (κ2) is 6.07. The lowest BCUT2D eigenvalue weighted by Gasteiger charge is -2.12. The molecule has 0 aromatic carbocycles. The Morgan fingerprint density at radius 1 is 1.29 bits per heavy atom. The monoisotopic (exact) mass is 277 g/mol. The van der Waals surface area contributed by atoms with Gasteiger partial charge in [-0.3, -0.25) is 0 Å². The van der Waals surface area contributed by atoms with Gasteiger partial charge in [0.25, 0.3) is 0 Å². The van der Waals surface area contributed by atoms with Gasteiger partial charge < -0.3 is 9.47 Å². The Morgan fingerprint density at radius 2 is 1.94 bits per heavy atom. The first-order valence-electron chi connectivity index (χ1n) is 5.15. The standard InChI is InChI=1S/C11H13Cl2NO3/c1-4-6-7(12)9(11(15)16-3)14-10(8(6)13)17-5-2/h4-5H2,1-3H3. The van der Waals surface area contributed by atoms with Crippen LogP contribution in [0.3, 0.4) is 0 Å². The zero-order valence-corrected chi connectivity index (χ0v) is 11.4. The number of ether oxygens (including phenoxy) is 2. The van der Waals surface area contributed by atoms with E-state index >= 15 is 0 Å². The van der Waals surface area contributed by atoms with E-state index in [1.807, 2.05) is 6.92 Å². The third-order valence-electron chi connectivity index (χ3n) is 2.15. The van der Waals surface area contributed by atoms with Crippen molar-refractivity contribution in [2.75, 3.05) is 13.7 Å². The fourth-order valence-corrected chi connectivity index (χ4v) is 2.06. The molecule has 0 unspecified atom stereocenters. The van der Waals surface area contributed by atoms with Gasteiger partial charge in [0, 0.05) is 0 Å². The number of hydrogen-bond donors (Lipinski definition) is 0. The van der Waals surface area contributed by atoms with Crippen LogP contribution in [0.25, 0.3) is 0 Å². The topological polar surface area (TPSA) is 48.4 Å². The van der Waals surface area contributed by atoms with Gasteiger partial charge in [-0.25, -0.2) is 9.78 Å². The normalized spacial score (nSPS) is 10.2. The summed E-state index contributed by atoms with van der Waals surface area (Å²) in [6, 6.07) is 0. The molecule has 0 fully saturated rings. The average Bonchev–Trinajstić information content (AvgIpc) is 2.32. The third-order valence-corrected chi connectivity index (χ3v) is 2.95. The molecular formula is C11H13Cl2NO3. The molecule has 0 saturated carbocycles. The van der Waals surface area contributed by atoms with Gasteiger partial charge in [0.1, 0.15) is 5.02 Å². The molecule has 4 nitrogen and oxygen atoms in total. The molecule has 1 aromatic heterocycles. The summed E-state index contributed by atoms with van der Waals surface area (Å²) in [7, 11) is 1.26. The van der Waals surface area contributed by atoms with Crippen molar-refractivity contribution < 1.29 is 14.3 Å². The second-order valence-electron chi connectivity index (χ2n) is 3.15. The SMILES string of the molecule is CCOc1nc(C(=O)OC)c(Cl)c(CC)c1Cl. The Morgan fingerprint density at radius 3 is 2.41 bits per heavy atom. The van der Waals surface area contributed by atoms with Crippen molar-refractivity contribution in [3.8, 4) is 5.88 Å². The minimum absolute atomic E-state index is 0.0267. The minimum atomic E-state index is -0.609. The van der Waals surface area contributed by atoms with Crippen LogP contribution in [0.4, 0.5) is 0 Å². The van der Waals surface area contributed by atoms with Gasteiger partial charge in [-0.15, -0.1) is 0 Å². The van der Waals surface area contributed by atoms with Crippen LogP contribution in [0.2, 0.25) is 10.0 Å². The zero-order valence-electron chi connectivity index (χ0n) is 9.84. The van der Waals surface area contributed by atoms with E-state index in [2.05, 4.69) is 9.72 Å². The molecule has 0 saturated heterocycles. The highest BCUT2D eigenvalue weighted by Gasteiger charge is 2.22. The van der Waals surface area contributed by atoms with Crippen LogP contribution in [0.5, 0.6) is 5.88 Å². The number of nitrogens with zero attached hydrogens (tertiary/aromatic N) is 1. The summed E-state index contributed by atoms with van der Waals surface area (Å²) in [5.41, 5.74) is 0.658. The van der Waals surface area contributed by atoms with E-state index in [4.69, 9.17) is 27.9 Å². The van der Waals surface area contributed by atoms with Gasteiger partial charge in [0.15, 0.2) is 5.69 Å². The van der Waals surface area contributed by atoms with Crippen LogP contribution < -0.4 is 4.74 Å². The molecule has 94 valence electrons. The van der Waals surface area contributed by atoms with Crippen LogP contribution in [0.15, 0.2) is 0 Å². The molecule has 0 bridgehead atoms. The first kappa shape index (κ1) is 14.1. The maximum Gasteiger partial charge on any atom is 0.358 e. The average molecular weight is 278 g/mol. The fraction of sp³-hybridized carbons (Fsp3) is 0.455. The Balaban J connectivity index is 3.41. The molecule has 0 amide bonds. The van der Waals surface area contributed by atoms with Crippen LogP contribution in [0, 0.1) is 0 Å². The van der Waals surface area contributed by atoms with Crippen LogP contribution in [-0.2, 0) is 11.2 Å². The largest absolute Gasteiger partial charge is 0.477 e. The van der Waals surface area contributed by atoms with Crippen LogP contribution >= 0.6 is 23.2 Å². The number of esters is 1. The molecule has 0 atom stereocenters. The van der Waals surface area contributed by atoms with E-state index in [0.717, 1.165) is 0 Å². The van der Waals surface area contributed by atoms with E-state index < -0.39 is 5.97 Å². The van der Waals surface area contributed by atoms with Gasteiger partial charge in [0.2, 0.25) is 5.88 Å². The first-order valence-corrected chi connectivity index (χ1v) is 5.91. The van der Waals surface area contributed by atoms with Crippen molar-refractivity contribution in [1.29, 1.82) is 0 Å². The van der Waals surface area contributed by atoms with Crippen molar-refractivity contribution in [3.05, 3.63) is 21.3 Å². The first-order chi connectivity index (χ1) is 8.06. The summed E-state index contributed by atoms with van der Waals surface area (Å²) >= 11 is 12.1. The van der Waals surface area contributed by atoms with Crippen molar-refractivity contribution in [2.24, 2.45) is 0 Å². The minimum Gasteiger partial charge on any atom is -0.477 e. The summed E-state index contributed by atoms with van der Waals surface area (Å²) in [5.74, 6) is -0.405. The molecule has 0 aliphatic rings. The number of carbonyl (C=O) groups is 1. The Bertz CT molecular complexity index is 435. The van der Waals surface area contributed by atoms with Crippen molar-refractivity contribution in [1.82, 2.24) is 4.98 Å². The molecule has 0 radical (unpaired) electrons. The molecule has 0 aliphatic heterocycles. The molecular weight excluding hydrogens is 265 g/mol. The predicted octanol–water partition coefficient (Wildman–Crippen LogP) is 3.14. The van der Waals surface area contributed by atoms with E-state index in [-0.39, 0.29) is 16.6 Å². The molecule has 6 heteroatoms. The molecule has 0 spiro atoms. The highest BCUT2D eigenvalue weighted by Crippen LogP contribution is 2.34. The number of halogens is 2. The Kier molecular flexibility index (Phi) is 5.02. The van der Waals surface area contributed by atoms with E-state index in [1.165, 1.54) is 7.11 Å². The van der Waals surface area contributed by atoms with Crippen molar-refractivity contribution >= 4 is 29.2 Å². The summed E-state index contributed by atoms with van der Waals surface area (Å²) in [6.45, 7) is 4.08. The molecule has 0 N–H and O–H groups in total. The van der Waals surface area contributed by atoms with Crippen molar-refractivity contribution in [2.45, 2.75) is 20.3 Å².